The number of amides is 2. The predicted molar refractivity (Wildman–Crippen MR) is 128 cm³/mol. The Labute approximate surface area is 204 Å². The van der Waals surface area contributed by atoms with Crippen molar-refractivity contribution in [1.82, 2.24) is 5.43 Å². The first-order valence-electron chi connectivity index (χ1n) is 9.41. The number of benzene rings is 3. The van der Waals surface area contributed by atoms with E-state index in [4.69, 9.17) is 39.5 Å². The van der Waals surface area contributed by atoms with Crippen LogP contribution in [0.25, 0.3) is 0 Å². The highest BCUT2D eigenvalue weighted by molar-refractivity contribution is 6.40. The van der Waals surface area contributed by atoms with Gasteiger partial charge in [-0.25, -0.2) is 10.2 Å². The maximum atomic E-state index is 12.3. The summed E-state index contributed by atoms with van der Waals surface area (Å²) in [5.41, 5.74) is 4.01. The molecule has 0 aliphatic rings. The van der Waals surface area contributed by atoms with Gasteiger partial charge in [-0.2, -0.15) is 5.10 Å². The molecule has 0 aliphatic heterocycles. The van der Waals surface area contributed by atoms with Gasteiger partial charge in [0.2, 0.25) is 0 Å². The van der Waals surface area contributed by atoms with Crippen molar-refractivity contribution in [3.8, 4) is 5.75 Å². The van der Waals surface area contributed by atoms with Gasteiger partial charge in [-0.1, -0.05) is 53.0 Å². The fourth-order valence-electron chi connectivity index (χ4n) is 2.55. The van der Waals surface area contributed by atoms with E-state index in [9.17, 15) is 14.4 Å². The Morgan fingerprint density at radius 3 is 2.42 bits per heavy atom. The molecule has 0 atom stereocenters. The van der Waals surface area contributed by atoms with E-state index in [0.717, 1.165) is 5.56 Å². The van der Waals surface area contributed by atoms with Crippen molar-refractivity contribution in [3.05, 3.63) is 92.4 Å². The van der Waals surface area contributed by atoms with Gasteiger partial charge in [0.25, 0.3) is 0 Å². The molecule has 0 bridgehead atoms. The van der Waals surface area contributed by atoms with Crippen LogP contribution in [-0.2, 0) is 9.59 Å². The molecule has 0 spiro atoms. The summed E-state index contributed by atoms with van der Waals surface area (Å²) in [4.78, 5) is 36.3. The lowest BCUT2D eigenvalue weighted by molar-refractivity contribution is -0.136. The van der Waals surface area contributed by atoms with Gasteiger partial charge < -0.3 is 10.1 Å². The normalized spacial score (nSPS) is 10.7. The van der Waals surface area contributed by atoms with Crippen molar-refractivity contribution < 1.29 is 19.1 Å². The number of anilines is 1. The number of carbonyl (C=O) groups excluding carboxylic acids is 3. The van der Waals surface area contributed by atoms with E-state index in [1.807, 2.05) is 6.92 Å². The fraction of sp³-hybridized carbons (Fsp3) is 0.0435. The minimum Gasteiger partial charge on any atom is -0.423 e. The van der Waals surface area contributed by atoms with Crippen molar-refractivity contribution in [2.24, 2.45) is 5.10 Å². The molecule has 2 N–H and O–H groups in total. The van der Waals surface area contributed by atoms with Crippen LogP contribution in [-0.4, -0.2) is 24.0 Å². The molecular weight excluding hydrogens is 489 g/mol. The molecule has 33 heavy (non-hydrogen) atoms. The molecule has 168 valence electrons. The van der Waals surface area contributed by atoms with Crippen molar-refractivity contribution in [2.45, 2.75) is 6.92 Å². The minimum atomic E-state index is -0.970. The molecular formula is C23H16Cl3N3O4. The lowest BCUT2D eigenvalue weighted by atomic mass is 10.2. The van der Waals surface area contributed by atoms with Crippen LogP contribution in [0.2, 0.25) is 15.1 Å². The summed E-state index contributed by atoms with van der Waals surface area (Å²) in [5.74, 6) is -2.31. The van der Waals surface area contributed by atoms with Crippen molar-refractivity contribution in [1.29, 1.82) is 0 Å². The van der Waals surface area contributed by atoms with Crippen LogP contribution in [0.3, 0.4) is 0 Å². The lowest BCUT2D eigenvalue weighted by Gasteiger charge is -2.07. The number of hydrogen-bond acceptors (Lipinski definition) is 5. The first-order chi connectivity index (χ1) is 15.7. The maximum absolute atomic E-state index is 12.3. The molecule has 0 radical (unpaired) electrons. The van der Waals surface area contributed by atoms with Crippen LogP contribution < -0.4 is 15.5 Å². The van der Waals surface area contributed by atoms with Gasteiger partial charge >= 0.3 is 17.8 Å². The second-order valence-corrected chi connectivity index (χ2v) is 7.95. The quantitative estimate of drug-likeness (QED) is 0.163. The number of nitrogens with one attached hydrogen (secondary N) is 2. The Bertz CT molecular complexity index is 1260. The second kappa shape index (κ2) is 11.0. The molecule has 0 heterocycles. The summed E-state index contributed by atoms with van der Waals surface area (Å²) < 4.78 is 5.32. The molecule has 0 saturated heterocycles. The molecule has 3 aromatic carbocycles. The predicted octanol–water partition coefficient (Wildman–Crippen LogP) is 5.26. The molecule has 0 aliphatic carbocycles. The topological polar surface area (TPSA) is 96.9 Å². The molecule has 2 amide bonds. The van der Waals surface area contributed by atoms with Gasteiger partial charge in [-0.15, -0.1) is 0 Å². The summed E-state index contributed by atoms with van der Waals surface area (Å²) in [6.07, 6.45) is 1.29. The standard InChI is InChI=1S/C23H16Cl3N3O4/c1-13-5-7-16(11-19(13)25)28-21(30)22(31)29-27-12-14-3-2-4-17(9-14)33-23(32)18-8-6-15(24)10-20(18)26/h2-12H,1H3,(H,28,30)(H,29,31). The Balaban J connectivity index is 1.58. The number of ether oxygens (including phenoxy) is 1. The first kappa shape index (κ1) is 24.3. The Morgan fingerprint density at radius 2 is 1.70 bits per heavy atom. The molecule has 3 aromatic rings. The van der Waals surface area contributed by atoms with Crippen molar-refractivity contribution in [2.75, 3.05) is 5.32 Å². The average Bonchev–Trinajstić information content (AvgIpc) is 2.76. The highest BCUT2D eigenvalue weighted by atomic mass is 35.5. The van der Waals surface area contributed by atoms with E-state index >= 15 is 0 Å². The van der Waals surface area contributed by atoms with Gasteiger partial charge in [-0.3, -0.25) is 9.59 Å². The van der Waals surface area contributed by atoms with Crippen molar-refractivity contribution >= 4 is 64.5 Å². The fourth-order valence-corrected chi connectivity index (χ4v) is 3.22. The summed E-state index contributed by atoms with van der Waals surface area (Å²) >= 11 is 17.9. The van der Waals surface area contributed by atoms with Gasteiger partial charge in [0.05, 0.1) is 16.8 Å². The number of hydrazone groups is 1. The van der Waals surface area contributed by atoms with Crippen LogP contribution in [0.1, 0.15) is 21.5 Å². The van der Waals surface area contributed by atoms with Crippen LogP contribution in [0, 0.1) is 6.92 Å². The molecule has 3 rings (SSSR count). The second-order valence-electron chi connectivity index (χ2n) is 6.70. The molecule has 0 saturated carbocycles. The number of carbonyl (C=O) groups is 3. The molecule has 10 heteroatoms. The first-order valence-corrected chi connectivity index (χ1v) is 10.5. The summed E-state index contributed by atoms with van der Waals surface area (Å²) in [5, 5.41) is 7.20. The maximum Gasteiger partial charge on any atom is 0.345 e. The minimum absolute atomic E-state index is 0.160. The highest BCUT2D eigenvalue weighted by Gasteiger charge is 2.14. The number of hydrogen-bond donors (Lipinski definition) is 2. The lowest BCUT2D eigenvalue weighted by Crippen LogP contribution is -2.32. The zero-order chi connectivity index (χ0) is 24.0. The number of rotatable bonds is 5. The number of halogens is 3. The van der Waals surface area contributed by atoms with E-state index in [0.29, 0.717) is 21.3 Å². The third kappa shape index (κ3) is 6.79. The monoisotopic (exact) mass is 503 g/mol. The number of aryl methyl sites for hydroxylation is 1. The Hall–Kier alpha value is -3.39. The van der Waals surface area contributed by atoms with Gasteiger partial charge in [0.15, 0.2) is 0 Å². The summed E-state index contributed by atoms with van der Waals surface area (Å²) in [6.45, 7) is 1.82. The number of nitrogens with zero attached hydrogens (tertiary/aromatic N) is 1. The Morgan fingerprint density at radius 1 is 0.909 bits per heavy atom. The van der Waals surface area contributed by atoms with E-state index in [2.05, 4.69) is 15.8 Å². The van der Waals surface area contributed by atoms with E-state index < -0.39 is 17.8 Å². The van der Waals surface area contributed by atoms with Crippen molar-refractivity contribution in [3.63, 3.8) is 0 Å². The third-order valence-corrected chi connectivity index (χ3v) is 5.19. The zero-order valence-corrected chi connectivity index (χ0v) is 19.3. The molecule has 0 unspecified atom stereocenters. The SMILES string of the molecule is Cc1ccc(NC(=O)C(=O)NN=Cc2cccc(OC(=O)c3ccc(Cl)cc3Cl)c2)cc1Cl. The van der Waals surface area contributed by atoms with E-state index in [1.54, 1.807) is 30.3 Å². The zero-order valence-electron chi connectivity index (χ0n) is 17.1. The van der Waals surface area contributed by atoms with Gasteiger partial charge in [-0.05, 0) is 60.5 Å². The Kier molecular flexibility index (Phi) is 8.06. The van der Waals surface area contributed by atoms with Crippen LogP contribution in [0.5, 0.6) is 5.75 Å². The van der Waals surface area contributed by atoms with Crippen LogP contribution in [0.4, 0.5) is 5.69 Å². The molecule has 7 nitrogen and oxygen atoms in total. The van der Waals surface area contributed by atoms with Crippen LogP contribution >= 0.6 is 34.8 Å². The summed E-state index contributed by atoms with van der Waals surface area (Å²) in [6, 6.07) is 15.7. The third-order valence-electron chi connectivity index (χ3n) is 4.24. The van der Waals surface area contributed by atoms with Crippen LogP contribution in [0.15, 0.2) is 65.8 Å². The highest BCUT2D eigenvalue weighted by Crippen LogP contribution is 2.23. The van der Waals surface area contributed by atoms with Gasteiger partial charge in [0, 0.05) is 15.7 Å². The number of esters is 1. The van der Waals surface area contributed by atoms with Gasteiger partial charge in [0.1, 0.15) is 5.75 Å². The van der Waals surface area contributed by atoms with E-state index in [1.165, 1.54) is 36.5 Å². The summed E-state index contributed by atoms with van der Waals surface area (Å²) in [7, 11) is 0. The average molecular weight is 505 g/mol. The molecule has 0 aromatic heterocycles. The molecule has 0 fully saturated rings. The smallest absolute Gasteiger partial charge is 0.345 e. The van der Waals surface area contributed by atoms with E-state index in [-0.39, 0.29) is 16.3 Å². The largest absolute Gasteiger partial charge is 0.423 e.